The first-order valence-electron chi connectivity index (χ1n) is 6.05. The van der Waals surface area contributed by atoms with Crippen molar-refractivity contribution in [1.29, 1.82) is 0 Å². The number of anilines is 1. The summed E-state index contributed by atoms with van der Waals surface area (Å²) in [5.74, 6) is -0.621. The highest BCUT2D eigenvalue weighted by molar-refractivity contribution is 7.98. The molecule has 0 aliphatic heterocycles. The molecule has 0 atom stereocenters. The van der Waals surface area contributed by atoms with Crippen molar-refractivity contribution < 1.29 is 9.18 Å². The summed E-state index contributed by atoms with van der Waals surface area (Å²) >= 11 is 1.46. The average molecular weight is 290 g/mol. The van der Waals surface area contributed by atoms with Crippen molar-refractivity contribution in [3.63, 3.8) is 0 Å². The summed E-state index contributed by atoms with van der Waals surface area (Å²) in [4.78, 5) is 11.9. The monoisotopic (exact) mass is 290 g/mol. The molecule has 3 nitrogen and oxygen atoms in total. The van der Waals surface area contributed by atoms with Crippen LogP contribution in [-0.4, -0.2) is 5.91 Å². The summed E-state index contributed by atoms with van der Waals surface area (Å²) in [6, 6.07) is 10.0. The van der Waals surface area contributed by atoms with Gasteiger partial charge in [0.2, 0.25) is 5.91 Å². The van der Waals surface area contributed by atoms with Crippen LogP contribution >= 0.6 is 11.8 Å². The van der Waals surface area contributed by atoms with Gasteiger partial charge in [0.25, 0.3) is 0 Å². The summed E-state index contributed by atoms with van der Waals surface area (Å²) in [6.07, 6.45) is 0. The average Bonchev–Trinajstić information content (AvgIpc) is 2.41. The van der Waals surface area contributed by atoms with Crippen LogP contribution in [0.25, 0.3) is 0 Å². The second-order valence-corrected chi connectivity index (χ2v) is 5.46. The number of rotatable bonds is 4. The number of amides is 1. The van der Waals surface area contributed by atoms with E-state index in [1.807, 2.05) is 25.1 Å². The van der Waals surface area contributed by atoms with Gasteiger partial charge in [-0.2, -0.15) is 0 Å². The van der Waals surface area contributed by atoms with Crippen molar-refractivity contribution in [2.75, 3.05) is 5.73 Å². The molecule has 104 valence electrons. The molecule has 2 rings (SSSR count). The number of carbonyl (C=O) groups excluding carboxylic acids is 1. The predicted octanol–water partition coefficient (Wildman–Crippen LogP) is 3.11. The molecule has 4 N–H and O–H groups in total. The van der Waals surface area contributed by atoms with Gasteiger partial charge in [0, 0.05) is 21.9 Å². The Morgan fingerprint density at radius 1 is 1.30 bits per heavy atom. The van der Waals surface area contributed by atoms with Crippen LogP contribution in [0.2, 0.25) is 0 Å². The number of thioether (sulfide) groups is 1. The Morgan fingerprint density at radius 2 is 2.05 bits per heavy atom. The van der Waals surface area contributed by atoms with Gasteiger partial charge in [0.15, 0.2) is 0 Å². The Morgan fingerprint density at radius 3 is 2.70 bits per heavy atom. The van der Waals surface area contributed by atoms with E-state index in [2.05, 4.69) is 0 Å². The molecule has 0 heterocycles. The van der Waals surface area contributed by atoms with Crippen molar-refractivity contribution in [2.45, 2.75) is 17.6 Å². The fraction of sp³-hybridized carbons (Fsp3) is 0.133. The number of primary amides is 1. The molecule has 0 radical (unpaired) electrons. The zero-order valence-electron chi connectivity index (χ0n) is 11.0. The highest BCUT2D eigenvalue weighted by Crippen LogP contribution is 2.30. The number of para-hydroxylation sites is 1. The van der Waals surface area contributed by atoms with Gasteiger partial charge in [-0.25, -0.2) is 4.39 Å². The number of halogens is 1. The van der Waals surface area contributed by atoms with Crippen LogP contribution in [0.5, 0.6) is 0 Å². The van der Waals surface area contributed by atoms with Crippen molar-refractivity contribution in [1.82, 2.24) is 0 Å². The standard InChI is InChI=1S/C15H15FN2OS/c1-9-3-2-4-13(14(9)17)20-8-11-6-5-10(15(18)19)7-12(11)16/h2-7H,8,17H2,1H3,(H2,18,19). The second-order valence-electron chi connectivity index (χ2n) is 4.45. The van der Waals surface area contributed by atoms with Gasteiger partial charge in [0.1, 0.15) is 5.82 Å². The number of hydrogen-bond acceptors (Lipinski definition) is 3. The Hall–Kier alpha value is -2.01. The minimum absolute atomic E-state index is 0.173. The van der Waals surface area contributed by atoms with E-state index >= 15 is 0 Å². The van der Waals surface area contributed by atoms with E-state index in [-0.39, 0.29) is 5.56 Å². The third-order valence-electron chi connectivity index (χ3n) is 3.00. The molecule has 0 bridgehead atoms. The molecule has 0 fully saturated rings. The van der Waals surface area contributed by atoms with E-state index in [1.165, 1.54) is 17.8 Å². The van der Waals surface area contributed by atoms with Crippen LogP contribution in [0.1, 0.15) is 21.5 Å². The summed E-state index contributed by atoms with van der Waals surface area (Å²) in [5, 5.41) is 0. The molecule has 20 heavy (non-hydrogen) atoms. The molecule has 0 spiro atoms. The lowest BCUT2D eigenvalue weighted by molar-refractivity contribution is 0.1000. The van der Waals surface area contributed by atoms with E-state index in [0.29, 0.717) is 17.0 Å². The summed E-state index contributed by atoms with van der Waals surface area (Å²) in [6.45, 7) is 1.93. The quantitative estimate of drug-likeness (QED) is 0.671. The van der Waals surface area contributed by atoms with E-state index in [4.69, 9.17) is 11.5 Å². The SMILES string of the molecule is Cc1cccc(SCc2ccc(C(N)=O)cc2F)c1N. The smallest absolute Gasteiger partial charge is 0.248 e. The number of aryl methyl sites for hydroxylation is 1. The summed E-state index contributed by atoms with van der Waals surface area (Å²) in [5.41, 5.74) is 13.5. The number of hydrogen-bond donors (Lipinski definition) is 2. The van der Waals surface area contributed by atoms with E-state index in [0.717, 1.165) is 16.5 Å². The topological polar surface area (TPSA) is 69.1 Å². The lowest BCUT2D eigenvalue weighted by atomic mass is 10.1. The van der Waals surface area contributed by atoms with Crippen LogP contribution in [0, 0.1) is 12.7 Å². The molecule has 0 saturated carbocycles. The molecule has 0 saturated heterocycles. The number of benzene rings is 2. The molecule has 0 aliphatic rings. The van der Waals surface area contributed by atoms with Crippen LogP contribution < -0.4 is 11.5 Å². The summed E-state index contributed by atoms with van der Waals surface area (Å²) in [7, 11) is 0. The van der Waals surface area contributed by atoms with Gasteiger partial charge in [-0.05, 0) is 36.2 Å². The first-order chi connectivity index (χ1) is 9.49. The highest BCUT2D eigenvalue weighted by Gasteiger charge is 2.09. The highest BCUT2D eigenvalue weighted by atomic mass is 32.2. The molecular weight excluding hydrogens is 275 g/mol. The third-order valence-corrected chi connectivity index (χ3v) is 4.13. The lowest BCUT2D eigenvalue weighted by Gasteiger charge is -2.08. The fourth-order valence-electron chi connectivity index (χ4n) is 1.75. The van der Waals surface area contributed by atoms with E-state index < -0.39 is 11.7 Å². The molecule has 0 unspecified atom stereocenters. The largest absolute Gasteiger partial charge is 0.398 e. The maximum Gasteiger partial charge on any atom is 0.248 e. The zero-order valence-corrected chi connectivity index (χ0v) is 11.8. The number of nitrogens with two attached hydrogens (primary N) is 2. The first kappa shape index (κ1) is 14.4. The van der Waals surface area contributed by atoms with Crippen molar-refractivity contribution in [3.05, 3.63) is 58.9 Å². The Balaban J connectivity index is 2.15. The third kappa shape index (κ3) is 3.11. The molecule has 0 aliphatic carbocycles. The maximum absolute atomic E-state index is 13.8. The normalized spacial score (nSPS) is 10.5. The van der Waals surface area contributed by atoms with Crippen molar-refractivity contribution >= 4 is 23.4 Å². The van der Waals surface area contributed by atoms with E-state index in [1.54, 1.807) is 6.07 Å². The minimum atomic E-state index is -0.633. The van der Waals surface area contributed by atoms with Gasteiger partial charge in [-0.15, -0.1) is 11.8 Å². The van der Waals surface area contributed by atoms with Gasteiger partial charge in [0.05, 0.1) is 0 Å². The van der Waals surface area contributed by atoms with Crippen LogP contribution in [0.15, 0.2) is 41.3 Å². The van der Waals surface area contributed by atoms with Crippen LogP contribution in [0.3, 0.4) is 0 Å². The zero-order chi connectivity index (χ0) is 14.7. The molecule has 5 heteroatoms. The predicted molar refractivity (Wildman–Crippen MR) is 80.1 cm³/mol. The van der Waals surface area contributed by atoms with Gasteiger partial charge >= 0.3 is 0 Å². The van der Waals surface area contributed by atoms with Gasteiger partial charge in [-0.1, -0.05) is 18.2 Å². The maximum atomic E-state index is 13.8. The summed E-state index contributed by atoms with van der Waals surface area (Å²) < 4.78 is 13.8. The number of nitrogen functional groups attached to an aromatic ring is 1. The minimum Gasteiger partial charge on any atom is -0.398 e. The Bertz CT molecular complexity index is 658. The lowest BCUT2D eigenvalue weighted by Crippen LogP contribution is -2.11. The molecule has 2 aromatic rings. The van der Waals surface area contributed by atoms with Crippen LogP contribution in [0.4, 0.5) is 10.1 Å². The van der Waals surface area contributed by atoms with Crippen molar-refractivity contribution in [2.24, 2.45) is 5.73 Å². The van der Waals surface area contributed by atoms with Crippen LogP contribution in [-0.2, 0) is 5.75 Å². The molecule has 1 amide bonds. The Labute approximate surface area is 121 Å². The first-order valence-corrected chi connectivity index (χ1v) is 7.03. The molecule has 2 aromatic carbocycles. The number of carbonyl (C=O) groups is 1. The van der Waals surface area contributed by atoms with Crippen molar-refractivity contribution in [3.8, 4) is 0 Å². The molecule has 0 aromatic heterocycles. The molecular formula is C15H15FN2OS. The Kier molecular flexibility index (Phi) is 4.29. The van der Waals surface area contributed by atoms with Gasteiger partial charge in [-0.3, -0.25) is 4.79 Å². The van der Waals surface area contributed by atoms with E-state index in [9.17, 15) is 9.18 Å². The second kappa shape index (κ2) is 5.96. The van der Waals surface area contributed by atoms with Gasteiger partial charge < -0.3 is 11.5 Å². The fourth-order valence-corrected chi connectivity index (χ4v) is 2.79.